The van der Waals surface area contributed by atoms with Gasteiger partial charge >= 0.3 is 0 Å². The zero-order chi connectivity index (χ0) is 25.7. The van der Waals surface area contributed by atoms with Crippen LogP contribution in [0.15, 0.2) is 83.8 Å². The zero-order valence-corrected chi connectivity index (χ0v) is 20.2. The van der Waals surface area contributed by atoms with Crippen molar-refractivity contribution in [2.24, 2.45) is 0 Å². The molecule has 0 saturated carbocycles. The number of rotatable bonds is 8. The summed E-state index contributed by atoms with van der Waals surface area (Å²) in [5.74, 6) is -1.19. The van der Waals surface area contributed by atoms with E-state index in [4.69, 9.17) is 5.11 Å². The van der Waals surface area contributed by atoms with Gasteiger partial charge in [-0.25, -0.2) is 17.2 Å². The Kier molecular flexibility index (Phi) is 8.05. The Morgan fingerprint density at radius 3 is 1.97 bits per heavy atom. The SMILES string of the molecule is O=C(/C=C/c1cccc(S(=O)(=O)N2CCN(C(c3ccc(F)cc3)c3ccc(F)cc3)CC2)c1)CO. The van der Waals surface area contributed by atoms with Gasteiger partial charge in [-0.15, -0.1) is 0 Å². The van der Waals surface area contributed by atoms with E-state index in [2.05, 4.69) is 4.90 Å². The second kappa shape index (κ2) is 11.2. The standard InChI is InChI=1S/C27H26F2N2O4S/c28-23-9-5-21(6-10-23)27(22-7-11-24(29)12-8-22)30-14-16-31(17-15-30)36(34,35)26-3-1-2-20(18-26)4-13-25(33)19-32/h1-13,18,27,32H,14-17,19H2/b13-4+. The lowest BCUT2D eigenvalue weighted by atomic mass is 9.96. The summed E-state index contributed by atoms with van der Waals surface area (Å²) in [6.45, 7) is 0.705. The van der Waals surface area contributed by atoms with Crippen LogP contribution in [0.4, 0.5) is 8.78 Å². The third-order valence-corrected chi connectivity index (χ3v) is 8.02. The quantitative estimate of drug-likeness (QED) is 0.467. The second-order valence-corrected chi connectivity index (χ2v) is 10.4. The number of aliphatic hydroxyl groups excluding tert-OH is 1. The molecule has 0 amide bonds. The van der Waals surface area contributed by atoms with Gasteiger partial charge in [0.05, 0.1) is 10.9 Å². The van der Waals surface area contributed by atoms with Gasteiger partial charge in [0.15, 0.2) is 5.78 Å². The fourth-order valence-electron chi connectivity index (χ4n) is 4.28. The average molecular weight is 513 g/mol. The van der Waals surface area contributed by atoms with E-state index < -0.39 is 22.4 Å². The minimum absolute atomic E-state index is 0.114. The molecule has 1 aliphatic heterocycles. The lowest BCUT2D eigenvalue weighted by molar-refractivity contribution is -0.117. The van der Waals surface area contributed by atoms with Gasteiger partial charge in [-0.3, -0.25) is 9.69 Å². The molecule has 36 heavy (non-hydrogen) atoms. The molecule has 6 nitrogen and oxygen atoms in total. The van der Waals surface area contributed by atoms with Crippen LogP contribution >= 0.6 is 0 Å². The van der Waals surface area contributed by atoms with Crippen LogP contribution in [0.2, 0.25) is 0 Å². The van der Waals surface area contributed by atoms with Crippen molar-refractivity contribution < 1.29 is 27.1 Å². The average Bonchev–Trinajstić information content (AvgIpc) is 2.90. The number of nitrogens with zero attached hydrogens (tertiary/aromatic N) is 2. The highest BCUT2D eigenvalue weighted by Gasteiger charge is 2.32. The van der Waals surface area contributed by atoms with Crippen LogP contribution < -0.4 is 0 Å². The van der Waals surface area contributed by atoms with Crippen molar-refractivity contribution in [1.29, 1.82) is 0 Å². The maximum absolute atomic E-state index is 13.6. The van der Waals surface area contributed by atoms with E-state index in [1.807, 2.05) is 0 Å². The highest BCUT2D eigenvalue weighted by Crippen LogP contribution is 2.31. The summed E-state index contributed by atoms with van der Waals surface area (Å²) >= 11 is 0. The topological polar surface area (TPSA) is 77.9 Å². The fraction of sp³-hybridized carbons (Fsp3) is 0.222. The molecule has 1 heterocycles. The highest BCUT2D eigenvalue weighted by molar-refractivity contribution is 7.89. The molecule has 9 heteroatoms. The third-order valence-electron chi connectivity index (χ3n) is 6.12. The van der Waals surface area contributed by atoms with Gasteiger partial charge in [0.25, 0.3) is 0 Å². The van der Waals surface area contributed by atoms with Gasteiger partial charge in [-0.05, 0) is 59.2 Å². The van der Waals surface area contributed by atoms with Gasteiger partial charge in [0, 0.05) is 26.2 Å². The number of hydrogen-bond donors (Lipinski definition) is 1. The van der Waals surface area contributed by atoms with Crippen molar-refractivity contribution >= 4 is 21.9 Å². The maximum atomic E-state index is 13.6. The lowest BCUT2D eigenvalue weighted by Gasteiger charge is -2.39. The second-order valence-electron chi connectivity index (χ2n) is 8.48. The molecule has 0 bridgehead atoms. The number of hydrogen-bond acceptors (Lipinski definition) is 5. The van der Waals surface area contributed by atoms with Gasteiger partial charge in [0.2, 0.25) is 10.0 Å². The Balaban J connectivity index is 1.53. The summed E-state index contributed by atoms with van der Waals surface area (Å²) in [7, 11) is -3.78. The normalized spacial score (nSPS) is 15.6. The van der Waals surface area contributed by atoms with E-state index in [9.17, 15) is 22.0 Å². The lowest BCUT2D eigenvalue weighted by Crippen LogP contribution is -2.49. The van der Waals surface area contributed by atoms with Crippen molar-refractivity contribution in [2.75, 3.05) is 32.8 Å². The van der Waals surface area contributed by atoms with Crippen LogP contribution in [-0.2, 0) is 14.8 Å². The van der Waals surface area contributed by atoms with Gasteiger partial charge in [-0.2, -0.15) is 4.31 Å². The summed E-state index contributed by atoms with van der Waals surface area (Å²) in [4.78, 5) is 13.6. The number of aliphatic hydroxyl groups is 1. The number of benzene rings is 3. The number of sulfonamides is 1. The number of ketones is 1. The Bertz CT molecular complexity index is 1290. The number of carbonyl (C=O) groups is 1. The molecule has 3 aromatic rings. The van der Waals surface area contributed by atoms with E-state index >= 15 is 0 Å². The van der Waals surface area contributed by atoms with Gasteiger partial charge in [0.1, 0.15) is 18.2 Å². The van der Waals surface area contributed by atoms with E-state index in [0.717, 1.165) is 11.1 Å². The van der Waals surface area contributed by atoms with Crippen molar-refractivity contribution in [3.8, 4) is 0 Å². The largest absolute Gasteiger partial charge is 0.388 e. The van der Waals surface area contributed by atoms with Gasteiger partial charge in [-0.1, -0.05) is 42.5 Å². The van der Waals surface area contributed by atoms with Crippen molar-refractivity contribution in [2.45, 2.75) is 10.9 Å². The monoisotopic (exact) mass is 512 g/mol. The van der Waals surface area contributed by atoms with Crippen LogP contribution in [0, 0.1) is 11.6 Å². The first kappa shape index (κ1) is 25.8. The summed E-state index contributed by atoms with van der Waals surface area (Å²) < 4.78 is 55.2. The third kappa shape index (κ3) is 5.93. The highest BCUT2D eigenvalue weighted by atomic mass is 32.2. The Hall–Kier alpha value is -3.24. The molecule has 1 aliphatic rings. The molecule has 188 valence electrons. The minimum atomic E-state index is -3.78. The molecule has 1 saturated heterocycles. The van der Waals surface area contributed by atoms with Crippen LogP contribution in [0.1, 0.15) is 22.7 Å². The molecule has 0 radical (unpaired) electrons. The Morgan fingerprint density at radius 2 is 1.44 bits per heavy atom. The van der Waals surface area contributed by atoms with Crippen molar-refractivity contribution in [3.05, 3.63) is 107 Å². The molecule has 0 aliphatic carbocycles. The minimum Gasteiger partial charge on any atom is -0.388 e. The molecule has 3 aromatic carbocycles. The predicted molar refractivity (Wildman–Crippen MR) is 133 cm³/mol. The zero-order valence-electron chi connectivity index (χ0n) is 19.4. The first-order valence-electron chi connectivity index (χ1n) is 11.4. The molecule has 0 aromatic heterocycles. The first-order chi connectivity index (χ1) is 17.3. The molecule has 1 fully saturated rings. The van der Waals surface area contributed by atoms with Crippen LogP contribution in [0.3, 0.4) is 0 Å². The summed E-state index contributed by atoms with van der Waals surface area (Å²) in [6, 6.07) is 18.2. The summed E-state index contributed by atoms with van der Waals surface area (Å²) in [5.41, 5.74) is 2.19. The fourth-order valence-corrected chi connectivity index (χ4v) is 5.75. The molecule has 4 rings (SSSR count). The Labute approximate surface area is 209 Å². The molecule has 0 atom stereocenters. The van der Waals surface area contributed by atoms with E-state index in [1.54, 1.807) is 36.4 Å². The van der Waals surface area contributed by atoms with Crippen LogP contribution in [0.5, 0.6) is 0 Å². The van der Waals surface area contributed by atoms with Crippen LogP contribution in [0.25, 0.3) is 6.08 Å². The van der Waals surface area contributed by atoms with Crippen molar-refractivity contribution in [1.82, 2.24) is 9.21 Å². The van der Waals surface area contributed by atoms with Gasteiger partial charge < -0.3 is 5.11 Å². The van der Waals surface area contributed by atoms with E-state index in [0.29, 0.717) is 18.7 Å². The van der Waals surface area contributed by atoms with Crippen molar-refractivity contribution in [3.63, 3.8) is 0 Å². The molecule has 1 N–H and O–H groups in total. The predicted octanol–water partition coefficient (Wildman–Crippen LogP) is 3.64. The molecular weight excluding hydrogens is 486 g/mol. The Morgan fingerprint density at radius 1 is 0.889 bits per heavy atom. The van der Waals surface area contributed by atoms with E-state index in [-0.39, 0.29) is 35.7 Å². The van der Waals surface area contributed by atoms with E-state index in [1.165, 1.54) is 52.9 Å². The number of piperazine rings is 1. The number of carbonyl (C=O) groups excluding carboxylic acids is 1. The molecular formula is C27H26F2N2O4S. The number of halogens is 2. The smallest absolute Gasteiger partial charge is 0.243 e. The first-order valence-corrected chi connectivity index (χ1v) is 12.9. The summed E-state index contributed by atoms with van der Waals surface area (Å²) in [5, 5.41) is 8.86. The summed E-state index contributed by atoms with van der Waals surface area (Å²) in [6.07, 6.45) is 2.67. The van der Waals surface area contributed by atoms with Crippen LogP contribution in [-0.4, -0.2) is 61.3 Å². The molecule has 0 spiro atoms. The molecule has 0 unspecified atom stereocenters. The maximum Gasteiger partial charge on any atom is 0.243 e.